The molecule has 2 aliphatic heterocycles. The van der Waals surface area contributed by atoms with Gasteiger partial charge in [-0.2, -0.15) is 0 Å². The zero-order chi connectivity index (χ0) is 16.9. The van der Waals surface area contributed by atoms with E-state index in [2.05, 4.69) is 10.2 Å². The summed E-state index contributed by atoms with van der Waals surface area (Å²) < 4.78 is 11.4. The van der Waals surface area contributed by atoms with E-state index in [0.717, 1.165) is 50.8 Å². The molecule has 5 nitrogen and oxygen atoms in total. The van der Waals surface area contributed by atoms with E-state index in [-0.39, 0.29) is 24.0 Å². The molecule has 3 fully saturated rings. The quantitative estimate of drug-likeness (QED) is 0.411. The van der Waals surface area contributed by atoms with Gasteiger partial charge in [0.2, 0.25) is 0 Å². The fourth-order valence-electron chi connectivity index (χ4n) is 4.50. The number of fused-ring (bicyclic) bond motifs is 1. The number of aliphatic imine (C=N–C) groups is 1. The number of rotatable bonds is 4. The van der Waals surface area contributed by atoms with Crippen molar-refractivity contribution in [1.29, 1.82) is 0 Å². The standard InChI is InChI=1S/C20H31N3O2.HI/c1-2-7-17(6-1)22-20(21-11-9-18-8-4-13-24-18)23-12-10-19-16(15-23)5-3-14-25-19;/h4,8,13,16-17,19H,1-3,5-7,9-12,14-15H2,(H,21,22);1H. The minimum Gasteiger partial charge on any atom is -0.469 e. The van der Waals surface area contributed by atoms with Crippen LogP contribution in [0.4, 0.5) is 0 Å². The van der Waals surface area contributed by atoms with Crippen LogP contribution < -0.4 is 5.32 Å². The molecule has 0 spiro atoms. The average Bonchev–Trinajstić information content (AvgIpc) is 3.34. The van der Waals surface area contributed by atoms with Gasteiger partial charge in [0.15, 0.2) is 5.96 Å². The summed E-state index contributed by atoms with van der Waals surface area (Å²) in [6.45, 7) is 3.87. The van der Waals surface area contributed by atoms with Crippen LogP contribution in [0.1, 0.15) is 50.7 Å². The van der Waals surface area contributed by atoms with E-state index in [4.69, 9.17) is 14.1 Å². The summed E-state index contributed by atoms with van der Waals surface area (Å²) in [5.41, 5.74) is 0. The van der Waals surface area contributed by atoms with Crippen molar-refractivity contribution in [3.05, 3.63) is 24.2 Å². The Morgan fingerprint density at radius 3 is 2.88 bits per heavy atom. The number of hydrogen-bond donors (Lipinski definition) is 1. The summed E-state index contributed by atoms with van der Waals surface area (Å²) >= 11 is 0. The van der Waals surface area contributed by atoms with Crippen molar-refractivity contribution >= 4 is 29.9 Å². The lowest BCUT2D eigenvalue weighted by Crippen LogP contribution is -2.53. The van der Waals surface area contributed by atoms with Gasteiger partial charge in [-0.15, -0.1) is 24.0 Å². The Morgan fingerprint density at radius 1 is 1.19 bits per heavy atom. The molecule has 1 aliphatic carbocycles. The highest BCUT2D eigenvalue weighted by Gasteiger charge is 2.33. The maximum absolute atomic E-state index is 5.97. The van der Waals surface area contributed by atoms with Gasteiger partial charge in [-0.1, -0.05) is 12.8 Å². The zero-order valence-electron chi connectivity index (χ0n) is 15.6. The Kier molecular flexibility index (Phi) is 7.66. The largest absolute Gasteiger partial charge is 0.469 e. The number of piperidine rings is 1. The number of ether oxygens (including phenoxy) is 1. The van der Waals surface area contributed by atoms with Crippen molar-refractivity contribution in [3.63, 3.8) is 0 Å². The SMILES string of the molecule is I.c1coc(CCN=C(NC2CCCC2)N2CCC3OCCCC3C2)c1. The summed E-state index contributed by atoms with van der Waals surface area (Å²) in [6.07, 6.45) is 12.0. The first-order valence-corrected chi connectivity index (χ1v) is 10.1. The summed E-state index contributed by atoms with van der Waals surface area (Å²) in [4.78, 5) is 7.44. The van der Waals surface area contributed by atoms with Gasteiger partial charge in [0.1, 0.15) is 5.76 Å². The molecular formula is C20H32IN3O2. The molecule has 2 saturated heterocycles. The third-order valence-electron chi connectivity index (χ3n) is 5.90. The van der Waals surface area contributed by atoms with Crippen LogP contribution in [0.5, 0.6) is 0 Å². The monoisotopic (exact) mass is 473 g/mol. The second-order valence-electron chi connectivity index (χ2n) is 7.71. The molecule has 4 rings (SSSR count). The molecule has 26 heavy (non-hydrogen) atoms. The van der Waals surface area contributed by atoms with Crippen molar-refractivity contribution in [2.24, 2.45) is 10.9 Å². The highest BCUT2D eigenvalue weighted by atomic mass is 127. The molecule has 0 aromatic carbocycles. The molecule has 1 N–H and O–H groups in total. The summed E-state index contributed by atoms with van der Waals surface area (Å²) in [7, 11) is 0. The molecule has 0 amide bonds. The van der Waals surface area contributed by atoms with Crippen molar-refractivity contribution in [3.8, 4) is 0 Å². The molecular weight excluding hydrogens is 441 g/mol. The van der Waals surface area contributed by atoms with E-state index in [9.17, 15) is 0 Å². The van der Waals surface area contributed by atoms with Gasteiger partial charge in [-0.3, -0.25) is 4.99 Å². The van der Waals surface area contributed by atoms with Crippen molar-refractivity contribution in [2.45, 2.75) is 63.5 Å². The van der Waals surface area contributed by atoms with Gasteiger partial charge < -0.3 is 19.4 Å². The molecule has 1 saturated carbocycles. The molecule has 1 aromatic heterocycles. The van der Waals surface area contributed by atoms with Crippen LogP contribution in [0.2, 0.25) is 0 Å². The van der Waals surface area contributed by atoms with Crippen molar-refractivity contribution in [1.82, 2.24) is 10.2 Å². The number of nitrogens with zero attached hydrogens (tertiary/aromatic N) is 2. The molecule has 1 aromatic rings. The summed E-state index contributed by atoms with van der Waals surface area (Å²) in [6, 6.07) is 4.58. The van der Waals surface area contributed by atoms with Gasteiger partial charge in [-0.25, -0.2) is 0 Å². The second-order valence-corrected chi connectivity index (χ2v) is 7.71. The molecule has 146 valence electrons. The first kappa shape index (κ1) is 20.0. The minimum atomic E-state index is 0. The number of halogens is 1. The van der Waals surface area contributed by atoms with Crippen LogP contribution >= 0.6 is 24.0 Å². The Labute approximate surface area is 174 Å². The number of guanidine groups is 1. The first-order chi connectivity index (χ1) is 12.4. The molecule has 6 heteroatoms. The predicted molar refractivity (Wildman–Crippen MR) is 114 cm³/mol. The number of likely N-dealkylation sites (tertiary alicyclic amines) is 1. The van der Waals surface area contributed by atoms with E-state index in [1.54, 1.807) is 6.26 Å². The fourth-order valence-corrected chi connectivity index (χ4v) is 4.50. The van der Waals surface area contributed by atoms with Crippen LogP contribution in [0.15, 0.2) is 27.8 Å². The van der Waals surface area contributed by atoms with Crippen LogP contribution in [0, 0.1) is 5.92 Å². The normalized spacial score (nSPS) is 27.1. The van der Waals surface area contributed by atoms with E-state index >= 15 is 0 Å². The van der Waals surface area contributed by atoms with Gasteiger partial charge in [0.05, 0.1) is 12.4 Å². The maximum Gasteiger partial charge on any atom is 0.194 e. The maximum atomic E-state index is 5.97. The molecule has 2 unspecified atom stereocenters. The lowest BCUT2D eigenvalue weighted by atomic mass is 9.88. The Morgan fingerprint density at radius 2 is 2.08 bits per heavy atom. The topological polar surface area (TPSA) is 50.0 Å². The highest BCUT2D eigenvalue weighted by molar-refractivity contribution is 14.0. The van der Waals surface area contributed by atoms with Crippen LogP contribution in [0.25, 0.3) is 0 Å². The van der Waals surface area contributed by atoms with Crippen molar-refractivity contribution < 1.29 is 9.15 Å². The second kappa shape index (κ2) is 9.97. The van der Waals surface area contributed by atoms with Gasteiger partial charge in [-0.05, 0) is 44.2 Å². The molecule has 3 aliphatic rings. The number of nitrogens with one attached hydrogen (secondary N) is 1. The lowest BCUT2D eigenvalue weighted by molar-refractivity contribution is -0.0560. The average molecular weight is 473 g/mol. The highest BCUT2D eigenvalue weighted by Crippen LogP contribution is 2.28. The predicted octanol–water partition coefficient (Wildman–Crippen LogP) is 3.83. The number of hydrogen-bond acceptors (Lipinski definition) is 3. The first-order valence-electron chi connectivity index (χ1n) is 10.1. The molecule has 2 atom stereocenters. The third-order valence-corrected chi connectivity index (χ3v) is 5.90. The minimum absolute atomic E-state index is 0. The smallest absolute Gasteiger partial charge is 0.194 e. The summed E-state index contributed by atoms with van der Waals surface area (Å²) in [5.74, 6) is 2.80. The van der Waals surface area contributed by atoms with E-state index in [1.165, 1.54) is 38.5 Å². The summed E-state index contributed by atoms with van der Waals surface area (Å²) in [5, 5.41) is 3.77. The molecule has 0 bridgehead atoms. The molecule has 0 radical (unpaired) electrons. The van der Waals surface area contributed by atoms with Crippen LogP contribution in [0.3, 0.4) is 0 Å². The third kappa shape index (κ3) is 5.15. The van der Waals surface area contributed by atoms with Crippen LogP contribution in [-0.4, -0.2) is 49.2 Å². The number of furan rings is 1. The molecule has 3 heterocycles. The van der Waals surface area contributed by atoms with Gasteiger partial charge in [0.25, 0.3) is 0 Å². The Balaban J connectivity index is 0.00000196. The Bertz CT molecular complexity index is 557. The van der Waals surface area contributed by atoms with Gasteiger partial charge >= 0.3 is 0 Å². The van der Waals surface area contributed by atoms with E-state index in [0.29, 0.717) is 18.1 Å². The van der Waals surface area contributed by atoms with E-state index in [1.807, 2.05) is 12.1 Å². The lowest BCUT2D eigenvalue weighted by Gasteiger charge is -2.42. The van der Waals surface area contributed by atoms with E-state index < -0.39 is 0 Å². The van der Waals surface area contributed by atoms with Crippen LogP contribution in [-0.2, 0) is 11.2 Å². The van der Waals surface area contributed by atoms with Crippen molar-refractivity contribution in [2.75, 3.05) is 26.2 Å². The Hall–Kier alpha value is -0.760. The zero-order valence-corrected chi connectivity index (χ0v) is 17.9. The van der Waals surface area contributed by atoms with Gasteiger partial charge in [0, 0.05) is 44.6 Å². The fraction of sp³-hybridized carbons (Fsp3) is 0.750.